The van der Waals surface area contributed by atoms with E-state index in [9.17, 15) is 13.2 Å². The third-order valence-electron chi connectivity index (χ3n) is 3.65. The van der Waals surface area contributed by atoms with E-state index in [2.05, 4.69) is 4.90 Å². The van der Waals surface area contributed by atoms with E-state index >= 15 is 0 Å². The minimum atomic E-state index is -3.59. The standard InChI is InChI=1S/C12H25N3O4S/c1-4-11-10-13(2)7-5-8-15(11)20(18,19)14(3)9-6-12(16)17/h11H,4-10H2,1-3H3,(H,16,17). The van der Waals surface area contributed by atoms with E-state index in [-0.39, 0.29) is 19.0 Å². The van der Waals surface area contributed by atoms with Gasteiger partial charge in [-0.3, -0.25) is 4.79 Å². The molecule has 1 atom stereocenters. The monoisotopic (exact) mass is 307 g/mol. The number of likely N-dealkylation sites (N-methyl/N-ethyl adjacent to an activating group) is 1. The highest BCUT2D eigenvalue weighted by atomic mass is 32.2. The lowest BCUT2D eigenvalue weighted by Gasteiger charge is -2.32. The topological polar surface area (TPSA) is 81.2 Å². The normalized spacial score (nSPS) is 22.9. The summed E-state index contributed by atoms with van der Waals surface area (Å²) in [6, 6.07) is -0.0558. The van der Waals surface area contributed by atoms with Crippen LogP contribution >= 0.6 is 0 Å². The molecule has 1 heterocycles. The fourth-order valence-corrected chi connectivity index (χ4v) is 4.04. The third-order valence-corrected chi connectivity index (χ3v) is 5.69. The molecular formula is C12H25N3O4S. The molecule has 0 amide bonds. The van der Waals surface area contributed by atoms with Gasteiger partial charge in [0.25, 0.3) is 10.2 Å². The first-order chi connectivity index (χ1) is 9.28. The molecule has 0 bridgehead atoms. The van der Waals surface area contributed by atoms with Gasteiger partial charge in [-0.25, -0.2) is 0 Å². The highest BCUT2D eigenvalue weighted by molar-refractivity contribution is 7.86. The molecule has 7 nitrogen and oxygen atoms in total. The molecule has 0 spiro atoms. The number of hydrogen-bond acceptors (Lipinski definition) is 4. The van der Waals surface area contributed by atoms with Gasteiger partial charge in [0.05, 0.1) is 6.42 Å². The van der Waals surface area contributed by atoms with Crippen molar-refractivity contribution < 1.29 is 18.3 Å². The second-order valence-electron chi connectivity index (χ2n) is 5.26. The number of carboxylic acid groups (broad SMARTS) is 1. The lowest BCUT2D eigenvalue weighted by Crippen LogP contribution is -2.49. The lowest BCUT2D eigenvalue weighted by atomic mass is 10.2. The molecular weight excluding hydrogens is 282 g/mol. The zero-order chi connectivity index (χ0) is 15.3. The van der Waals surface area contributed by atoms with Crippen LogP contribution in [-0.2, 0) is 15.0 Å². The second-order valence-corrected chi connectivity index (χ2v) is 7.25. The van der Waals surface area contributed by atoms with Crippen molar-refractivity contribution in [1.82, 2.24) is 13.5 Å². The Morgan fingerprint density at radius 3 is 2.60 bits per heavy atom. The molecule has 118 valence electrons. The maximum atomic E-state index is 12.6. The summed E-state index contributed by atoms with van der Waals surface area (Å²) in [5, 5.41) is 8.67. The Hall–Kier alpha value is -0.700. The van der Waals surface area contributed by atoms with Crippen molar-refractivity contribution >= 4 is 16.2 Å². The Kier molecular flexibility index (Phi) is 6.38. The maximum Gasteiger partial charge on any atom is 0.304 e. The summed E-state index contributed by atoms with van der Waals surface area (Å²) < 4.78 is 27.8. The summed E-state index contributed by atoms with van der Waals surface area (Å²) in [4.78, 5) is 12.7. The fourth-order valence-electron chi connectivity index (χ4n) is 2.41. The van der Waals surface area contributed by atoms with Gasteiger partial charge in [0, 0.05) is 32.7 Å². The Labute approximate surface area is 121 Å². The van der Waals surface area contributed by atoms with Crippen LogP contribution in [0.1, 0.15) is 26.2 Å². The van der Waals surface area contributed by atoms with E-state index < -0.39 is 16.2 Å². The predicted octanol–water partition coefficient (Wildman–Crippen LogP) is 0.0538. The number of rotatable bonds is 6. The van der Waals surface area contributed by atoms with Crippen molar-refractivity contribution in [3.05, 3.63) is 0 Å². The first kappa shape index (κ1) is 17.4. The molecule has 0 aromatic heterocycles. The molecule has 20 heavy (non-hydrogen) atoms. The molecule has 1 N–H and O–H groups in total. The first-order valence-electron chi connectivity index (χ1n) is 6.92. The van der Waals surface area contributed by atoms with Crippen molar-refractivity contribution in [2.24, 2.45) is 0 Å². The van der Waals surface area contributed by atoms with Crippen LogP contribution < -0.4 is 0 Å². The quantitative estimate of drug-likeness (QED) is 0.750. The van der Waals surface area contributed by atoms with Gasteiger partial charge in [-0.05, 0) is 26.4 Å². The number of aliphatic carboxylic acids is 1. The molecule has 0 radical (unpaired) electrons. The predicted molar refractivity (Wildman–Crippen MR) is 76.7 cm³/mol. The highest BCUT2D eigenvalue weighted by Crippen LogP contribution is 2.18. The molecule has 8 heteroatoms. The number of carboxylic acids is 1. The summed E-state index contributed by atoms with van der Waals surface area (Å²) in [6.07, 6.45) is 1.36. The fraction of sp³-hybridized carbons (Fsp3) is 0.917. The zero-order valence-electron chi connectivity index (χ0n) is 12.4. The maximum absolute atomic E-state index is 12.6. The van der Waals surface area contributed by atoms with Gasteiger partial charge < -0.3 is 10.0 Å². The van der Waals surface area contributed by atoms with Crippen LogP contribution in [0.4, 0.5) is 0 Å². The molecule has 1 unspecified atom stereocenters. The summed E-state index contributed by atoms with van der Waals surface area (Å²) in [5.74, 6) is -0.991. The summed E-state index contributed by atoms with van der Waals surface area (Å²) in [5.41, 5.74) is 0. The summed E-state index contributed by atoms with van der Waals surface area (Å²) in [7, 11) is -0.152. The smallest absolute Gasteiger partial charge is 0.304 e. The zero-order valence-corrected chi connectivity index (χ0v) is 13.3. The van der Waals surface area contributed by atoms with Crippen LogP contribution in [0.5, 0.6) is 0 Å². The van der Waals surface area contributed by atoms with Gasteiger partial charge in [0.15, 0.2) is 0 Å². The molecule has 1 saturated heterocycles. The van der Waals surface area contributed by atoms with Crippen LogP contribution in [0.25, 0.3) is 0 Å². The van der Waals surface area contributed by atoms with Gasteiger partial charge in [-0.2, -0.15) is 17.0 Å². The van der Waals surface area contributed by atoms with Crippen LogP contribution in [-0.4, -0.2) is 79.3 Å². The second kappa shape index (κ2) is 7.35. The van der Waals surface area contributed by atoms with Gasteiger partial charge >= 0.3 is 5.97 Å². The summed E-state index contributed by atoms with van der Waals surface area (Å²) >= 11 is 0. The Morgan fingerprint density at radius 1 is 1.40 bits per heavy atom. The van der Waals surface area contributed by atoms with E-state index in [1.54, 1.807) is 0 Å². The van der Waals surface area contributed by atoms with Crippen LogP contribution in [0.3, 0.4) is 0 Å². The summed E-state index contributed by atoms with van der Waals surface area (Å²) in [6.45, 7) is 4.05. The van der Waals surface area contributed by atoms with Gasteiger partial charge in [-0.15, -0.1) is 0 Å². The lowest BCUT2D eigenvalue weighted by molar-refractivity contribution is -0.137. The first-order valence-corrected chi connectivity index (χ1v) is 8.32. The molecule has 0 aliphatic carbocycles. The number of carbonyl (C=O) groups is 1. The van der Waals surface area contributed by atoms with E-state index in [1.807, 2.05) is 14.0 Å². The minimum Gasteiger partial charge on any atom is -0.481 e. The molecule has 0 aromatic rings. The molecule has 0 aromatic carbocycles. The van der Waals surface area contributed by atoms with Crippen LogP contribution in [0.15, 0.2) is 0 Å². The SMILES string of the molecule is CCC1CN(C)CCCN1S(=O)(=O)N(C)CCC(=O)O. The number of hydrogen-bond donors (Lipinski definition) is 1. The Morgan fingerprint density at radius 2 is 2.05 bits per heavy atom. The van der Waals surface area contributed by atoms with Crippen molar-refractivity contribution in [2.45, 2.75) is 32.2 Å². The molecule has 1 fully saturated rings. The van der Waals surface area contributed by atoms with E-state index in [0.29, 0.717) is 13.1 Å². The minimum absolute atomic E-state index is 0.000437. The largest absolute Gasteiger partial charge is 0.481 e. The Balaban J connectivity index is 2.84. The van der Waals surface area contributed by atoms with Crippen molar-refractivity contribution in [1.29, 1.82) is 0 Å². The molecule has 1 aliphatic heterocycles. The van der Waals surface area contributed by atoms with E-state index in [0.717, 1.165) is 23.7 Å². The third kappa shape index (κ3) is 4.41. The number of nitrogens with zero attached hydrogens (tertiary/aromatic N) is 3. The van der Waals surface area contributed by atoms with Gasteiger partial charge in [-0.1, -0.05) is 6.92 Å². The Bertz CT molecular complexity index is 426. The van der Waals surface area contributed by atoms with Gasteiger partial charge in [0.1, 0.15) is 0 Å². The average Bonchev–Trinajstić information content (AvgIpc) is 2.57. The van der Waals surface area contributed by atoms with E-state index in [1.165, 1.54) is 11.4 Å². The molecule has 0 saturated carbocycles. The molecule has 1 rings (SSSR count). The van der Waals surface area contributed by atoms with Crippen molar-refractivity contribution in [3.8, 4) is 0 Å². The van der Waals surface area contributed by atoms with Crippen LogP contribution in [0, 0.1) is 0 Å². The van der Waals surface area contributed by atoms with Gasteiger partial charge in [0.2, 0.25) is 0 Å². The van der Waals surface area contributed by atoms with E-state index in [4.69, 9.17) is 5.11 Å². The molecule has 1 aliphatic rings. The van der Waals surface area contributed by atoms with Crippen molar-refractivity contribution in [3.63, 3.8) is 0 Å². The average molecular weight is 307 g/mol. The van der Waals surface area contributed by atoms with Crippen LogP contribution in [0.2, 0.25) is 0 Å². The van der Waals surface area contributed by atoms with Crippen molar-refractivity contribution in [2.75, 3.05) is 40.3 Å². The highest BCUT2D eigenvalue weighted by Gasteiger charge is 2.34.